The van der Waals surface area contributed by atoms with Gasteiger partial charge in [0.15, 0.2) is 0 Å². The van der Waals surface area contributed by atoms with E-state index in [-0.39, 0.29) is 84.5 Å². The van der Waals surface area contributed by atoms with Crippen LogP contribution in [0, 0.1) is 40.4 Å². The van der Waals surface area contributed by atoms with Crippen LogP contribution in [0.15, 0.2) is 24.3 Å². The van der Waals surface area contributed by atoms with E-state index in [0.717, 1.165) is 11.3 Å². The third-order valence-corrected chi connectivity index (χ3v) is 15.8. The number of para-hydroxylation sites is 1. The number of ether oxygens (including phenoxy) is 5. The molecule has 5 aliphatic carbocycles. The Bertz CT molecular complexity index is 1980. The van der Waals surface area contributed by atoms with Crippen molar-refractivity contribution in [3.05, 3.63) is 29.8 Å². The number of hydrogen-bond acceptors (Lipinski definition) is 18. The number of imide groups is 1. The zero-order valence-corrected chi connectivity index (χ0v) is 35.6. The summed E-state index contributed by atoms with van der Waals surface area (Å²) in [7, 11) is 6.70. The van der Waals surface area contributed by atoms with Crippen molar-refractivity contribution < 1.29 is 83.1 Å². The lowest BCUT2D eigenvalue weighted by atomic mass is 9.42. The van der Waals surface area contributed by atoms with Crippen molar-refractivity contribution in [1.29, 1.82) is 0 Å². The highest BCUT2D eigenvalue weighted by atomic mass is 16.5. The van der Waals surface area contributed by atoms with Gasteiger partial charge in [0.05, 0.1) is 54.3 Å². The number of rotatable bonds is 14. The van der Waals surface area contributed by atoms with Crippen LogP contribution >= 0.6 is 0 Å². The molecule has 5 saturated carbocycles. The van der Waals surface area contributed by atoms with Crippen molar-refractivity contribution in [3.8, 4) is 0 Å². The number of methoxy groups -OCH3 is 4. The van der Waals surface area contributed by atoms with Crippen LogP contribution in [0.2, 0.25) is 0 Å². The minimum Gasteiger partial charge on any atom is -0.550 e. The summed E-state index contributed by atoms with van der Waals surface area (Å²) in [6.07, 6.45) is -1.90. The van der Waals surface area contributed by atoms with Gasteiger partial charge in [0, 0.05) is 107 Å². The number of carboxylic acids is 3. The van der Waals surface area contributed by atoms with Crippen LogP contribution in [-0.2, 0) is 47.7 Å². The van der Waals surface area contributed by atoms with Crippen molar-refractivity contribution in [2.45, 2.75) is 106 Å². The minimum atomic E-state index is -2.97. The molecule has 7 aliphatic rings. The zero-order chi connectivity index (χ0) is 45.5. The molecular formula is C43H55N2O17-3. The summed E-state index contributed by atoms with van der Waals surface area (Å²) in [5.74, 6) is -8.46. The maximum Gasteiger partial charge on any atom is 0.340 e. The fourth-order valence-corrected chi connectivity index (χ4v) is 13.8. The van der Waals surface area contributed by atoms with Crippen LogP contribution in [0.25, 0.3) is 0 Å². The van der Waals surface area contributed by atoms with Gasteiger partial charge in [0.2, 0.25) is 11.8 Å². The number of fused-ring (bicyclic) bond motifs is 2. The second-order valence-electron chi connectivity index (χ2n) is 18.4. The van der Waals surface area contributed by atoms with Crippen LogP contribution in [0.3, 0.4) is 0 Å². The zero-order valence-electron chi connectivity index (χ0n) is 35.6. The Kier molecular flexibility index (Phi) is 12.0. The van der Waals surface area contributed by atoms with E-state index < -0.39 is 82.4 Å². The van der Waals surface area contributed by atoms with Gasteiger partial charge in [-0.2, -0.15) is 0 Å². The van der Waals surface area contributed by atoms with Gasteiger partial charge < -0.3 is 68.7 Å². The third-order valence-electron chi connectivity index (χ3n) is 15.8. The monoisotopic (exact) mass is 871 g/mol. The van der Waals surface area contributed by atoms with E-state index in [4.69, 9.17) is 28.8 Å². The van der Waals surface area contributed by atoms with E-state index in [1.807, 2.05) is 0 Å². The highest BCUT2D eigenvalue weighted by Gasteiger charge is 2.91. The molecule has 7 fully saturated rings. The fourth-order valence-electron chi connectivity index (χ4n) is 13.8. The molecule has 7 bridgehead atoms. The number of piperidine rings is 1. The number of aliphatic carboxylic acids is 3. The molecule has 2 aliphatic heterocycles. The number of likely N-dealkylation sites (tertiary alicyclic amines) is 1. The van der Waals surface area contributed by atoms with Crippen molar-refractivity contribution in [2.24, 2.45) is 40.4 Å². The first-order valence-corrected chi connectivity index (χ1v) is 21.0. The van der Waals surface area contributed by atoms with E-state index >= 15 is 0 Å². The predicted octanol–water partition coefficient (Wildman–Crippen LogP) is -3.22. The van der Waals surface area contributed by atoms with E-state index in [2.05, 4.69) is 11.8 Å². The Morgan fingerprint density at radius 3 is 2.15 bits per heavy atom. The third kappa shape index (κ3) is 6.28. The first-order valence-electron chi connectivity index (χ1n) is 21.0. The lowest BCUT2D eigenvalue weighted by Gasteiger charge is -2.70. The summed E-state index contributed by atoms with van der Waals surface area (Å²) in [6.45, 7) is 4.95. The summed E-state index contributed by atoms with van der Waals surface area (Å²) >= 11 is 0. The Balaban J connectivity index is 0.000000387. The van der Waals surface area contributed by atoms with Crippen LogP contribution in [0.5, 0.6) is 0 Å². The Morgan fingerprint density at radius 1 is 0.952 bits per heavy atom. The smallest absolute Gasteiger partial charge is 0.340 e. The SMILES string of the molecule is CCN1CC2(COC(=O)c3ccccc3N3C(=O)C[C@H](C)C3=O)CC[C@H](OC)C34C1C(O)([C@@H](OC)[C@H]23)[C@@]1(O)C[C@H](OC)C2C[C@@H]4[C@@H]1[C@H]2OC.O=C([O-])CC(O)(CC(=O)[O-])C(=O)[O-]. The summed E-state index contributed by atoms with van der Waals surface area (Å²) in [6, 6.07) is 6.12. The lowest BCUT2D eigenvalue weighted by molar-refractivity contribution is -0.339. The fraction of sp³-hybridized carbons (Fsp3) is 0.721. The lowest BCUT2D eigenvalue weighted by Crippen LogP contribution is -2.82. The average molecular weight is 872 g/mol. The predicted molar refractivity (Wildman–Crippen MR) is 204 cm³/mol. The number of carbonyl (C=O) groups excluding carboxylic acids is 6. The van der Waals surface area contributed by atoms with Gasteiger partial charge in [0.1, 0.15) is 16.8 Å². The Morgan fingerprint density at radius 2 is 1.61 bits per heavy atom. The Labute approximate surface area is 358 Å². The normalized spacial score (nSPS) is 40.2. The molecule has 2 heterocycles. The van der Waals surface area contributed by atoms with Crippen molar-refractivity contribution >= 4 is 41.4 Å². The number of amides is 2. The summed E-state index contributed by atoms with van der Waals surface area (Å²) in [5, 5.41) is 65.5. The van der Waals surface area contributed by atoms with Crippen LogP contribution in [0.1, 0.15) is 69.2 Å². The highest BCUT2D eigenvalue weighted by Crippen LogP contribution is 2.80. The first-order chi connectivity index (χ1) is 29.2. The van der Waals surface area contributed by atoms with E-state index in [1.54, 1.807) is 59.6 Å². The maximum absolute atomic E-state index is 14.1. The molecule has 62 heavy (non-hydrogen) atoms. The molecule has 1 aromatic rings. The molecule has 342 valence electrons. The number of anilines is 1. The topological polar surface area (TPSA) is 285 Å². The van der Waals surface area contributed by atoms with Crippen molar-refractivity contribution in [1.82, 2.24) is 4.90 Å². The Hall–Kier alpha value is -4.08. The number of likely N-dealkylation sites (N-methyl/N-ethyl adjacent to an activating group) is 1. The number of aliphatic hydroxyl groups is 3. The molecule has 19 nitrogen and oxygen atoms in total. The number of hydrogen-bond donors (Lipinski definition) is 3. The molecule has 5 unspecified atom stereocenters. The van der Waals surface area contributed by atoms with Crippen LogP contribution in [0.4, 0.5) is 5.69 Å². The molecule has 8 rings (SSSR count). The number of carbonyl (C=O) groups is 6. The second-order valence-corrected chi connectivity index (χ2v) is 18.4. The van der Waals surface area contributed by atoms with Gasteiger partial charge in [-0.1, -0.05) is 26.0 Å². The van der Waals surface area contributed by atoms with Gasteiger partial charge >= 0.3 is 5.97 Å². The van der Waals surface area contributed by atoms with Crippen LogP contribution < -0.4 is 20.2 Å². The second kappa shape index (κ2) is 16.2. The average Bonchev–Trinajstić information content (AvgIpc) is 3.75. The molecule has 2 amide bonds. The summed E-state index contributed by atoms with van der Waals surface area (Å²) in [5.41, 5.74) is -7.15. The van der Waals surface area contributed by atoms with Gasteiger partial charge in [0.25, 0.3) is 0 Å². The van der Waals surface area contributed by atoms with Gasteiger partial charge in [-0.3, -0.25) is 14.5 Å². The molecule has 1 spiro atoms. The number of nitrogens with zero attached hydrogens (tertiary/aromatic N) is 2. The van der Waals surface area contributed by atoms with E-state index in [0.29, 0.717) is 25.9 Å². The quantitative estimate of drug-likeness (QED) is 0.122. The van der Waals surface area contributed by atoms with E-state index in [1.165, 1.54) is 0 Å². The first kappa shape index (κ1) is 45.9. The largest absolute Gasteiger partial charge is 0.550 e. The van der Waals surface area contributed by atoms with Crippen LogP contribution in [-0.4, -0.2) is 151 Å². The van der Waals surface area contributed by atoms with Gasteiger partial charge in [-0.25, -0.2) is 9.69 Å². The molecule has 19 heteroatoms. The maximum atomic E-state index is 14.1. The highest BCUT2D eigenvalue weighted by molar-refractivity contribution is 6.22. The molecule has 2 saturated heterocycles. The summed E-state index contributed by atoms with van der Waals surface area (Å²) in [4.78, 5) is 73.3. The van der Waals surface area contributed by atoms with Gasteiger partial charge in [-0.15, -0.1) is 0 Å². The molecule has 0 aromatic heterocycles. The molecule has 0 radical (unpaired) electrons. The molecule has 1 aromatic carbocycles. The van der Waals surface area contributed by atoms with Crippen molar-refractivity contribution in [3.63, 3.8) is 0 Å². The number of esters is 1. The van der Waals surface area contributed by atoms with E-state index in [9.17, 15) is 54.3 Å². The minimum absolute atomic E-state index is 0.0358. The number of benzene rings is 1. The molecule has 3 N–H and O–H groups in total. The summed E-state index contributed by atoms with van der Waals surface area (Å²) < 4.78 is 31.4. The standard InChI is InChI=1S/C37H50N2O10.C6H8O7/c1-7-38-17-34(18-49-32(42)20-10-8-9-11-23(20)39-26(40)14-19(2)31(39)41)13-12-25(46-4)36-22-15-21-24(45-3)16-35(43,27(22)28(21)47-5)37(44,33(36)38)30(48-6)29(34)36;7-3(8)1-6(13,5(11)12)2-4(9)10/h8-11,19,21-22,24-25,27-30,33,43-44H,7,12-18H2,1-6H3;13H,1-2H2,(H,7,8)(H,9,10)(H,11,12)/p-3/t19-,21?,22+,24-,25-,27+,28-,29+,30-,33?,34?,35+,36?,37?;/m0./s1. The number of carboxylic acid groups (broad SMARTS) is 3. The van der Waals surface area contributed by atoms with Crippen molar-refractivity contribution in [2.75, 3.05) is 53.0 Å². The van der Waals surface area contributed by atoms with Gasteiger partial charge in [-0.05, 0) is 43.9 Å². The molecular weight excluding hydrogens is 816 g/mol. The molecule has 14 atom stereocenters.